The summed E-state index contributed by atoms with van der Waals surface area (Å²) in [6, 6.07) is 1.19. The van der Waals surface area contributed by atoms with Gasteiger partial charge in [0.15, 0.2) is 0 Å². The maximum absolute atomic E-state index is 6.16. The Balaban J connectivity index is 2.00. The second kappa shape index (κ2) is 3.58. The summed E-state index contributed by atoms with van der Waals surface area (Å²) in [5, 5.41) is 0. The number of hydrogen-bond donors (Lipinski definition) is 1. The molecule has 0 spiro atoms. The van der Waals surface area contributed by atoms with Gasteiger partial charge in [-0.05, 0) is 38.5 Å². The Hall–Kier alpha value is -0.0800. The lowest BCUT2D eigenvalue weighted by Crippen LogP contribution is -2.38. The van der Waals surface area contributed by atoms with Crippen molar-refractivity contribution in [3.63, 3.8) is 0 Å². The summed E-state index contributed by atoms with van der Waals surface area (Å²) in [6.07, 6.45) is 4.03. The third-order valence-electron chi connectivity index (χ3n) is 3.91. The van der Waals surface area contributed by atoms with Crippen LogP contribution in [0.25, 0.3) is 0 Å². The standard InChI is InChI=1S/C11H22N2/c1-8(2)13-6-9-4-3-5-11(12)10(9)7-13/h8-11H,3-7,12H2,1-2H3/t9-,10+,11-/m1/s1. The molecule has 2 nitrogen and oxygen atoms in total. The van der Waals surface area contributed by atoms with E-state index in [1.807, 2.05) is 0 Å². The Morgan fingerprint density at radius 3 is 2.62 bits per heavy atom. The third-order valence-corrected chi connectivity index (χ3v) is 3.91. The number of nitrogens with two attached hydrogens (primary N) is 1. The number of fused-ring (bicyclic) bond motifs is 1. The second-order valence-corrected chi connectivity index (χ2v) is 5.07. The smallest absolute Gasteiger partial charge is 0.00825 e. The van der Waals surface area contributed by atoms with Crippen LogP contribution in [0.2, 0.25) is 0 Å². The molecular weight excluding hydrogens is 160 g/mol. The zero-order valence-corrected chi connectivity index (χ0v) is 8.87. The number of likely N-dealkylation sites (tertiary alicyclic amines) is 1. The van der Waals surface area contributed by atoms with E-state index in [1.165, 1.54) is 32.4 Å². The van der Waals surface area contributed by atoms with E-state index in [0.29, 0.717) is 12.1 Å². The molecule has 1 aliphatic carbocycles. The van der Waals surface area contributed by atoms with Gasteiger partial charge in [-0.3, -0.25) is 0 Å². The Morgan fingerprint density at radius 1 is 1.23 bits per heavy atom. The van der Waals surface area contributed by atoms with Crippen molar-refractivity contribution >= 4 is 0 Å². The van der Waals surface area contributed by atoms with Gasteiger partial charge in [0.2, 0.25) is 0 Å². The van der Waals surface area contributed by atoms with Gasteiger partial charge in [-0.25, -0.2) is 0 Å². The monoisotopic (exact) mass is 182 g/mol. The van der Waals surface area contributed by atoms with Gasteiger partial charge in [-0.1, -0.05) is 6.42 Å². The molecule has 0 aromatic rings. The van der Waals surface area contributed by atoms with E-state index in [4.69, 9.17) is 5.73 Å². The summed E-state index contributed by atoms with van der Waals surface area (Å²) < 4.78 is 0. The highest BCUT2D eigenvalue weighted by atomic mass is 15.2. The van der Waals surface area contributed by atoms with Crippen molar-refractivity contribution in [3.8, 4) is 0 Å². The van der Waals surface area contributed by atoms with Crippen LogP contribution in [0.15, 0.2) is 0 Å². The number of rotatable bonds is 1. The summed E-state index contributed by atoms with van der Waals surface area (Å²) >= 11 is 0. The van der Waals surface area contributed by atoms with Gasteiger partial charge >= 0.3 is 0 Å². The molecule has 1 heterocycles. The topological polar surface area (TPSA) is 29.3 Å². The quantitative estimate of drug-likeness (QED) is 0.665. The molecule has 0 radical (unpaired) electrons. The van der Waals surface area contributed by atoms with Crippen molar-refractivity contribution in [2.75, 3.05) is 13.1 Å². The van der Waals surface area contributed by atoms with E-state index in [2.05, 4.69) is 18.7 Å². The largest absolute Gasteiger partial charge is 0.327 e. The fourth-order valence-corrected chi connectivity index (χ4v) is 2.97. The Kier molecular flexibility index (Phi) is 2.61. The van der Waals surface area contributed by atoms with E-state index in [1.54, 1.807) is 0 Å². The zero-order valence-electron chi connectivity index (χ0n) is 8.87. The van der Waals surface area contributed by atoms with Crippen molar-refractivity contribution in [1.82, 2.24) is 4.90 Å². The second-order valence-electron chi connectivity index (χ2n) is 5.07. The van der Waals surface area contributed by atoms with E-state index in [-0.39, 0.29) is 0 Å². The molecule has 0 aromatic heterocycles. The molecule has 2 heteroatoms. The van der Waals surface area contributed by atoms with Crippen LogP contribution < -0.4 is 5.73 Å². The summed E-state index contributed by atoms with van der Waals surface area (Å²) in [7, 11) is 0. The molecular formula is C11H22N2. The SMILES string of the molecule is CC(C)N1C[C@H]2CCC[C@@H](N)[C@H]2C1. The van der Waals surface area contributed by atoms with Crippen LogP contribution in [0.5, 0.6) is 0 Å². The normalized spacial score (nSPS) is 41.1. The minimum absolute atomic E-state index is 0.488. The lowest BCUT2D eigenvalue weighted by atomic mass is 9.78. The molecule has 0 aromatic carbocycles. The molecule has 1 aliphatic heterocycles. The molecule has 0 bridgehead atoms. The Morgan fingerprint density at radius 2 is 2.00 bits per heavy atom. The van der Waals surface area contributed by atoms with Gasteiger partial charge in [0.1, 0.15) is 0 Å². The van der Waals surface area contributed by atoms with Gasteiger partial charge < -0.3 is 10.6 Å². The van der Waals surface area contributed by atoms with Crippen molar-refractivity contribution in [3.05, 3.63) is 0 Å². The molecule has 3 atom stereocenters. The fraction of sp³-hybridized carbons (Fsp3) is 1.00. The summed E-state index contributed by atoms with van der Waals surface area (Å²) in [5.74, 6) is 1.71. The van der Waals surface area contributed by atoms with Gasteiger partial charge in [0.05, 0.1) is 0 Å². The van der Waals surface area contributed by atoms with E-state index in [9.17, 15) is 0 Å². The van der Waals surface area contributed by atoms with E-state index >= 15 is 0 Å². The highest BCUT2D eigenvalue weighted by Crippen LogP contribution is 2.36. The Bertz CT molecular complexity index is 179. The lowest BCUT2D eigenvalue weighted by molar-refractivity contribution is 0.253. The van der Waals surface area contributed by atoms with Crippen molar-refractivity contribution in [1.29, 1.82) is 0 Å². The minimum Gasteiger partial charge on any atom is -0.327 e. The van der Waals surface area contributed by atoms with Crippen LogP contribution in [0, 0.1) is 11.8 Å². The van der Waals surface area contributed by atoms with Gasteiger partial charge in [0, 0.05) is 25.2 Å². The number of hydrogen-bond acceptors (Lipinski definition) is 2. The number of nitrogens with zero attached hydrogens (tertiary/aromatic N) is 1. The molecule has 1 saturated carbocycles. The average Bonchev–Trinajstić information content (AvgIpc) is 2.49. The molecule has 0 unspecified atom stereocenters. The van der Waals surface area contributed by atoms with Gasteiger partial charge in [-0.15, -0.1) is 0 Å². The minimum atomic E-state index is 0.488. The zero-order chi connectivity index (χ0) is 9.42. The van der Waals surface area contributed by atoms with Crippen LogP contribution in [-0.4, -0.2) is 30.1 Å². The molecule has 76 valence electrons. The predicted octanol–water partition coefficient (Wildman–Crippen LogP) is 1.45. The first-order chi connectivity index (χ1) is 6.18. The van der Waals surface area contributed by atoms with E-state index < -0.39 is 0 Å². The highest BCUT2D eigenvalue weighted by molar-refractivity contribution is 4.93. The summed E-state index contributed by atoms with van der Waals surface area (Å²) in [6.45, 7) is 7.14. The molecule has 13 heavy (non-hydrogen) atoms. The van der Waals surface area contributed by atoms with Crippen LogP contribution in [0.1, 0.15) is 33.1 Å². The van der Waals surface area contributed by atoms with E-state index in [0.717, 1.165) is 11.8 Å². The Labute approximate surface area is 81.5 Å². The first-order valence-electron chi connectivity index (χ1n) is 5.68. The van der Waals surface area contributed by atoms with Crippen LogP contribution in [0.4, 0.5) is 0 Å². The predicted molar refractivity (Wildman–Crippen MR) is 55.5 cm³/mol. The van der Waals surface area contributed by atoms with Crippen LogP contribution in [-0.2, 0) is 0 Å². The van der Waals surface area contributed by atoms with Crippen molar-refractivity contribution < 1.29 is 0 Å². The first kappa shape index (κ1) is 9.47. The molecule has 0 amide bonds. The molecule has 2 fully saturated rings. The lowest BCUT2D eigenvalue weighted by Gasteiger charge is -2.30. The highest BCUT2D eigenvalue weighted by Gasteiger charge is 2.39. The summed E-state index contributed by atoms with van der Waals surface area (Å²) in [4.78, 5) is 2.60. The first-order valence-corrected chi connectivity index (χ1v) is 5.68. The maximum Gasteiger partial charge on any atom is 0.00825 e. The third kappa shape index (κ3) is 1.75. The van der Waals surface area contributed by atoms with Crippen molar-refractivity contribution in [2.24, 2.45) is 17.6 Å². The molecule has 1 saturated heterocycles. The fourth-order valence-electron chi connectivity index (χ4n) is 2.97. The molecule has 2 aliphatic rings. The maximum atomic E-state index is 6.16. The van der Waals surface area contributed by atoms with Crippen molar-refractivity contribution in [2.45, 2.75) is 45.2 Å². The van der Waals surface area contributed by atoms with Gasteiger partial charge in [-0.2, -0.15) is 0 Å². The molecule has 2 rings (SSSR count). The van der Waals surface area contributed by atoms with Crippen LogP contribution >= 0.6 is 0 Å². The molecule has 2 N–H and O–H groups in total. The van der Waals surface area contributed by atoms with Crippen LogP contribution in [0.3, 0.4) is 0 Å². The average molecular weight is 182 g/mol. The van der Waals surface area contributed by atoms with Gasteiger partial charge in [0.25, 0.3) is 0 Å². The summed E-state index contributed by atoms with van der Waals surface area (Å²) in [5.41, 5.74) is 6.16.